The van der Waals surface area contributed by atoms with Crippen molar-refractivity contribution >= 4 is 21.9 Å². The number of nitrogens with one attached hydrogen (secondary N) is 1. The number of carboxylic acid groups (broad SMARTS) is 1. The van der Waals surface area contributed by atoms with E-state index in [1.807, 2.05) is 0 Å². The number of hydrogen-bond acceptors (Lipinski definition) is 5. The molecule has 1 amide bonds. The van der Waals surface area contributed by atoms with Crippen LogP contribution in [0.25, 0.3) is 0 Å². The normalized spacial score (nSPS) is 11.2. The first-order valence-electron chi connectivity index (χ1n) is 5.98. The van der Waals surface area contributed by atoms with Crippen LogP contribution in [0.1, 0.15) is 5.56 Å². The van der Waals surface area contributed by atoms with E-state index in [1.54, 1.807) is 0 Å². The Hall–Kier alpha value is -1.97. The number of ether oxygens (including phenoxy) is 1. The Bertz CT molecular complexity index is 597. The summed E-state index contributed by atoms with van der Waals surface area (Å²) in [6.07, 6.45) is -0.172. The number of sulfonamides is 1. The first-order valence-corrected chi connectivity index (χ1v) is 7.46. The quantitative estimate of drug-likeness (QED) is 0.505. The zero-order valence-corrected chi connectivity index (χ0v) is 11.9. The molecular formula is C12H16N2O6S. The van der Waals surface area contributed by atoms with Crippen LogP contribution >= 0.6 is 0 Å². The second kappa shape index (κ2) is 7.72. The monoisotopic (exact) mass is 316 g/mol. The molecule has 0 aromatic heterocycles. The molecule has 8 nitrogen and oxygen atoms in total. The molecule has 0 atom stereocenters. The maximum absolute atomic E-state index is 11.9. The number of hydrogen-bond donors (Lipinski definition) is 3. The minimum Gasteiger partial charge on any atom is -0.481 e. The SMILES string of the molecule is NC(=O)COCCNS(=O)(=O)c1ccc(CC(=O)O)cc1. The first kappa shape index (κ1) is 17.1. The second-order valence-corrected chi connectivity index (χ2v) is 5.90. The van der Waals surface area contributed by atoms with E-state index in [0.717, 1.165) is 0 Å². The molecule has 1 aromatic carbocycles. The van der Waals surface area contributed by atoms with Gasteiger partial charge in [-0.05, 0) is 17.7 Å². The van der Waals surface area contributed by atoms with E-state index in [2.05, 4.69) is 4.72 Å². The highest BCUT2D eigenvalue weighted by Crippen LogP contribution is 2.10. The number of primary amides is 1. The van der Waals surface area contributed by atoms with Crippen LogP contribution in [0.3, 0.4) is 0 Å². The van der Waals surface area contributed by atoms with Crippen LogP contribution in [-0.2, 0) is 30.8 Å². The molecule has 21 heavy (non-hydrogen) atoms. The number of carbonyl (C=O) groups excluding carboxylic acids is 1. The van der Waals surface area contributed by atoms with Crippen molar-refractivity contribution in [1.29, 1.82) is 0 Å². The molecule has 1 rings (SSSR count). The summed E-state index contributed by atoms with van der Waals surface area (Å²) in [5.74, 6) is -1.62. The van der Waals surface area contributed by atoms with Gasteiger partial charge in [0, 0.05) is 6.54 Å². The molecule has 0 spiro atoms. The van der Waals surface area contributed by atoms with E-state index in [-0.39, 0.29) is 31.1 Å². The summed E-state index contributed by atoms with van der Waals surface area (Å²) in [5, 5.41) is 8.62. The summed E-state index contributed by atoms with van der Waals surface area (Å²) < 4.78 is 30.9. The van der Waals surface area contributed by atoms with E-state index in [9.17, 15) is 18.0 Å². The first-order chi connectivity index (χ1) is 9.81. The highest BCUT2D eigenvalue weighted by atomic mass is 32.2. The molecule has 0 aliphatic heterocycles. The van der Waals surface area contributed by atoms with Gasteiger partial charge in [0.25, 0.3) is 0 Å². The van der Waals surface area contributed by atoms with Gasteiger partial charge in [-0.1, -0.05) is 12.1 Å². The van der Waals surface area contributed by atoms with Crippen molar-refractivity contribution in [3.8, 4) is 0 Å². The number of nitrogens with two attached hydrogens (primary N) is 1. The molecule has 116 valence electrons. The molecule has 0 bridgehead atoms. The van der Waals surface area contributed by atoms with Gasteiger partial charge in [-0.15, -0.1) is 0 Å². The van der Waals surface area contributed by atoms with Crippen LogP contribution in [0.2, 0.25) is 0 Å². The number of amides is 1. The van der Waals surface area contributed by atoms with Gasteiger partial charge in [0.15, 0.2) is 0 Å². The fourth-order valence-corrected chi connectivity index (χ4v) is 2.48. The van der Waals surface area contributed by atoms with E-state index >= 15 is 0 Å². The molecule has 9 heteroatoms. The molecule has 0 heterocycles. The van der Waals surface area contributed by atoms with Gasteiger partial charge in [-0.3, -0.25) is 9.59 Å². The maximum atomic E-state index is 11.9. The lowest BCUT2D eigenvalue weighted by atomic mass is 10.2. The summed E-state index contributed by atoms with van der Waals surface area (Å²) in [6, 6.07) is 5.52. The Labute approximate surface area is 122 Å². The summed E-state index contributed by atoms with van der Waals surface area (Å²) in [6.45, 7) is -0.266. The van der Waals surface area contributed by atoms with E-state index in [1.165, 1.54) is 24.3 Å². The van der Waals surface area contributed by atoms with Crippen LogP contribution in [-0.4, -0.2) is 45.2 Å². The van der Waals surface area contributed by atoms with Crippen molar-refractivity contribution in [1.82, 2.24) is 4.72 Å². The van der Waals surface area contributed by atoms with Crippen molar-refractivity contribution in [3.63, 3.8) is 0 Å². The van der Waals surface area contributed by atoms with Gasteiger partial charge in [-0.2, -0.15) is 0 Å². The van der Waals surface area contributed by atoms with Crippen LogP contribution < -0.4 is 10.5 Å². The zero-order chi connectivity index (χ0) is 15.9. The van der Waals surface area contributed by atoms with E-state index < -0.39 is 21.9 Å². The Kier molecular flexibility index (Phi) is 6.28. The Morgan fingerprint density at radius 2 is 1.86 bits per heavy atom. The third kappa shape index (κ3) is 6.34. The van der Waals surface area contributed by atoms with Crippen molar-refractivity contribution in [3.05, 3.63) is 29.8 Å². The molecule has 1 aromatic rings. The van der Waals surface area contributed by atoms with Crippen molar-refractivity contribution < 1.29 is 27.9 Å². The molecule has 0 radical (unpaired) electrons. The van der Waals surface area contributed by atoms with E-state index in [0.29, 0.717) is 5.56 Å². The highest BCUT2D eigenvalue weighted by molar-refractivity contribution is 7.89. The number of aliphatic carboxylic acids is 1. The molecule has 0 aliphatic rings. The van der Waals surface area contributed by atoms with E-state index in [4.69, 9.17) is 15.6 Å². The van der Waals surface area contributed by atoms with Crippen LogP contribution in [0.5, 0.6) is 0 Å². The molecule has 0 aliphatic carbocycles. The average molecular weight is 316 g/mol. The largest absolute Gasteiger partial charge is 0.481 e. The standard InChI is InChI=1S/C12H16N2O6S/c13-11(15)8-20-6-5-14-21(18,19)10-3-1-9(2-4-10)7-12(16)17/h1-4,14H,5-8H2,(H2,13,15)(H,16,17). The second-order valence-electron chi connectivity index (χ2n) is 4.13. The van der Waals surface area contributed by atoms with Gasteiger partial charge in [0.2, 0.25) is 15.9 Å². The maximum Gasteiger partial charge on any atom is 0.307 e. The third-order valence-corrected chi connectivity index (χ3v) is 3.85. The minimum atomic E-state index is -3.70. The number of carboxylic acids is 1. The van der Waals surface area contributed by atoms with Crippen molar-refractivity contribution in [2.75, 3.05) is 19.8 Å². The van der Waals surface area contributed by atoms with Gasteiger partial charge < -0.3 is 15.6 Å². The summed E-state index contributed by atoms with van der Waals surface area (Å²) in [4.78, 5) is 20.9. The zero-order valence-electron chi connectivity index (χ0n) is 11.1. The summed E-state index contributed by atoms with van der Waals surface area (Å²) in [5.41, 5.74) is 5.36. The number of benzene rings is 1. The molecular weight excluding hydrogens is 300 g/mol. The van der Waals surface area contributed by atoms with Crippen LogP contribution in [0.15, 0.2) is 29.2 Å². The third-order valence-electron chi connectivity index (χ3n) is 2.37. The predicted octanol–water partition coefficient (Wildman–Crippen LogP) is -0.906. The molecule has 0 unspecified atom stereocenters. The van der Waals surface area contributed by atoms with Crippen LogP contribution in [0.4, 0.5) is 0 Å². The van der Waals surface area contributed by atoms with Gasteiger partial charge >= 0.3 is 5.97 Å². The predicted molar refractivity (Wildman–Crippen MR) is 73.0 cm³/mol. The van der Waals surface area contributed by atoms with Crippen molar-refractivity contribution in [2.24, 2.45) is 5.73 Å². The molecule has 4 N–H and O–H groups in total. The van der Waals surface area contributed by atoms with Gasteiger partial charge in [-0.25, -0.2) is 13.1 Å². The Morgan fingerprint density at radius 1 is 1.24 bits per heavy atom. The lowest BCUT2D eigenvalue weighted by Gasteiger charge is -2.07. The molecule has 0 saturated carbocycles. The summed E-state index contributed by atoms with van der Waals surface area (Å²) >= 11 is 0. The fraction of sp³-hybridized carbons (Fsp3) is 0.333. The minimum absolute atomic E-state index is 0.00745. The smallest absolute Gasteiger partial charge is 0.307 e. The Balaban J connectivity index is 2.54. The van der Waals surface area contributed by atoms with Crippen LogP contribution in [0, 0.1) is 0 Å². The van der Waals surface area contributed by atoms with Gasteiger partial charge in [0.1, 0.15) is 6.61 Å². The Morgan fingerprint density at radius 3 is 2.38 bits per heavy atom. The topological polar surface area (TPSA) is 136 Å². The number of rotatable bonds is 9. The molecule has 0 fully saturated rings. The number of carbonyl (C=O) groups is 2. The lowest BCUT2D eigenvalue weighted by Crippen LogP contribution is -2.29. The lowest BCUT2D eigenvalue weighted by molar-refractivity contribution is -0.136. The van der Waals surface area contributed by atoms with Crippen molar-refractivity contribution in [2.45, 2.75) is 11.3 Å². The summed E-state index contributed by atoms with van der Waals surface area (Å²) in [7, 11) is -3.70. The molecule has 0 saturated heterocycles. The highest BCUT2D eigenvalue weighted by Gasteiger charge is 2.13. The van der Waals surface area contributed by atoms with Gasteiger partial charge in [0.05, 0.1) is 17.9 Å². The fourth-order valence-electron chi connectivity index (χ4n) is 1.47. The average Bonchev–Trinajstić information content (AvgIpc) is 2.37.